The van der Waals surface area contributed by atoms with E-state index in [4.69, 9.17) is 18.9 Å². The summed E-state index contributed by atoms with van der Waals surface area (Å²) in [5, 5.41) is 96.1. The molecule has 0 aliphatic carbocycles. The highest BCUT2D eigenvalue weighted by molar-refractivity contribution is 5.87. The van der Waals surface area contributed by atoms with Crippen molar-refractivity contribution < 1.29 is 93.4 Å². The number of nitrogens with zero attached hydrogens (tertiary/aromatic N) is 1. The summed E-state index contributed by atoms with van der Waals surface area (Å²) in [6, 6.07) is -3.41. The highest BCUT2D eigenvalue weighted by Gasteiger charge is 2.46. The van der Waals surface area contributed by atoms with Gasteiger partial charge in [-0.25, -0.2) is 0 Å². The van der Waals surface area contributed by atoms with E-state index in [9.17, 15) is 74.4 Å². The Bertz CT molecular complexity index is 1740. The number of unbranched alkanes of at least 4 members (excludes halogenated alkanes) is 7. The molecule has 26 heteroatoms. The summed E-state index contributed by atoms with van der Waals surface area (Å²) in [7, 11) is 0. The van der Waals surface area contributed by atoms with Crippen LogP contribution < -0.4 is 31.9 Å². The fraction of sp³-hybridized carbons (Fsp3) is 0.857. The van der Waals surface area contributed by atoms with Crippen LogP contribution in [0.4, 0.5) is 0 Å². The van der Waals surface area contributed by atoms with Crippen LogP contribution in [0.25, 0.3) is 0 Å². The van der Waals surface area contributed by atoms with Gasteiger partial charge in [-0.1, -0.05) is 12.8 Å². The fourth-order valence-electron chi connectivity index (χ4n) is 9.06. The quantitative estimate of drug-likeness (QED) is 0.0269. The first kappa shape index (κ1) is 65.1. The Morgan fingerprint density at radius 2 is 1.00 bits per heavy atom. The second kappa shape index (κ2) is 36.0. The maximum Gasteiger partial charge on any atom is 0.242 e. The van der Waals surface area contributed by atoms with Crippen molar-refractivity contribution >= 4 is 41.4 Å². The lowest BCUT2D eigenvalue weighted by molar-refractivity contribution is -0.270. The zero-order chi connectivity index (χ0) is 55.3. The molecule has 432 valence electrons. The zero-order valence-corrected chi connectivity index (χ0v) is 43.6. The molecule has 0 spiro atoms. The number of hydrogen-bond donors (Lipinski definition) is 14. The first-order chi connectivity index (χ1) is 35.9. The molecule has 14 N–H and O–H groups in total. The number of carbonyl (C=O) groups excluding carboxylic acids is 7. The van der Waals surface area contributed by atoms with Gasteiger partial charge in [-0.2, -0.15) is 0 Å². The van der Waals surface area contributed by atoms with E-state index in [-0.39, 0.29) is 75.3 Å². The number of ether oxygens (including phenoxy) is 4. The Labute approximate surface area is 438 Å². The second-order valence-electron chi connectivity index (χ2n) is 19.5. The lowest BCUT2D eigenvalue weighted by Gasteiger charge is -2.42. The smallest absolute Gasteiger partial charge is 0.242 e. The molecular weight excluding hydrogens is 991 g/mol. The molecule has 5 unspecified atom stereocenters. The first-order valence-electron chi connectivity index (χ1n) is 26.6. The van der Waals surface area contributed by atoms with Gasteiger partial charge in [0.1, 0.15) is 54.7 Å². The number of amides is 7. The van der Waals surface area contributed by atoms with E-state index in [2.05, 4.69) is 31.9 Å². The van der Waals surface area contributed by atoms with Crippen molar-refractivity contribution in [2.45, 2.75) is 209 Å². The monoisotopic (exact) mass is 1080 g/mol. The minimum Gasteiger partial charge on any atom is -0.394 e. The van der Waals surface area contributed by atoms with Gasteiger partial charge in [-0.3, -0.25) is 33.6 Å². The van der Waals surface area contributed by atoms with Gasteiger partial charge in [0, 0.05) is 78.9 Å². The average Bonchev–Trinajstić information content (AvgIpc) is 3.77. The first-order valence-corrected chi connectivity index (χ1v) is 26.6. The molecule has 0 saturated carbocycles. The number of rotatable bonds is 36. The average molecular weight is 1080 g/mol. The molecule has 0 radical (unpaired) electrons. The fourth-order valence-corrected chi connectivity index (χ4v) is 9.06. The minimum absolute atomic E-state index is 0.0331. The molecule has 26 nitrogen and oxygen atoms in total. The van der Waals surface area contributed by atoms with Crippen LogP contribution in [0.15, 0.2) is 0 Å². The predicted octanol–water partition coefficient (Wildman–Crippen LogP) is -3.67. The number of likely N-dealkylation sites (tertiary alicyclic amines) is 1. The topological polar surface area (TPSA) is 394 Å². The van der Waals surface area contributed by atoms with Crippen molar-refractivity contribution in [2.24, 2.45) is 0 Å². The summed E-state index contributed by atoms with van der Waals surface area (Å²) in [4.78, 5) is 88.9. The lowest BCUT2D eigenvalue weighted by Crippen LogP contribution is -2.64. The van der Waals surface area contributed by atoms with E-state index in [1.54, 1.807) is 0 Å². The third-order valence-electron chi connectivity index (χ3n) is 13.2. The van der Waals surface area contributed by atoms with Crippen molar-refractivity contribution in [3.05, 3.63) is 0 Å². The Morgan fingerprint density at radius 1 is 0.547 bits per heavy atom. The molecule has 3 fully saturated rings. The number of aliphatic hydroxyl groups excluding tert-OH is 8. The summed E-state index contributed by atoms with van der Waals surface area (Å²) in [6.07, 6.45) is -3.10. The third-order valence-corrected chi connectivity index (χ3v) is 13.2. The van der Waals surface area contributed by atoms with Crippen LogP contribution in [0, 0.1) is 0 Å². The van der Waals surface area contributed by atoms with Gasteiger partial charge in [0.25, 0.3) is 0 Å². The predicted molar refractivity (Wildman–Crippen MR) is 265 cm³/mol. The maximum absolute atomic E-state index is 13.4. The van der Waals surface area contributed by atoms with Gasteiger partial charge in [0.05, 0.1) is 32.0 Å². The Kier molecular flexibility index (Phi) is 31.3. The van der Waals surface area contributed by atoms with Gasteiger partial charge < -0.3 is 96.6 Å². The molecule has 3 saturated heterocycles. The molecule has 75 heavy (non-hydrogen) atoms. The minimum atomic E-state index is -1.47. The molecule has 7 amide bonds. The van der Waals surface area contributed by atoms with Crippen LogP contribution in [0.3, 0.4) is 0 Å². The van der Waals surface area contributed by atoms with Crippen molar-refractivity contribution in [2.75, 3.05) is 59.2 Å². The molecule has 3 aliphatic rings. The molecule has 13 atom stereocenters. The van der Waals surface area contributed by atoms with Crippen LogP contribution in [-0.2, 0) is 52.5 Å². The molecule has 0 aromatic carbocycles. The van der Waals surface area contributed by atoms with Crippen molar-refractivity contribution in [1.82, 2.24) is 36.8 Å². The van der Waals surface area contributed by atoms with Gasteiger partial charge >= 0.3 is 0 Å². The van der Waals surface area contributed by atoms with E-state index < -0.39 is 104 Å². The van der Waals surface area contributed by atoms with E-state index in [1.807, 2.05) is 0 Å². The molecular formula is C49H87N7O19. The molecule has 3 heterocycles. The number of aliphatic hydroxyl groups is 8. The standard InChI is InChI=1S/C49H87N7O19/c1-30(60)53-41-45(69)43(67)35(28-58)74-48(41)72-23-13-8-17-38(64)51-21-12-7-15-34(55-39(65)18-9-14-24-73-49-42(54-31(2)61)46(70)44(68)36(29-59)75-49)47(71)52-22-11-3-5-16-37(63)50-20-10-4-6-19-40(66)56-26-33(62)25-32(56)27-57/h32-36,41-46,48-49,57-59,62,67-70H,3-29H2,1-2H3,(H,50,63)(H,51,64)(H,52,71)(H,53,60)(H,54,61)(H,55,65)/t32-,33?,34-,35?,36?,41+,42+,43-,44-,45+,46+,48?,49?/m0/s1. The third kappa shape index (κ3) is 23.9. The summed E-state index contributed by atoms with van der Waals surface area (Å²) in [5.41, 5.74) is 0. The highest BCUT2D eigenvalue weighted by Crippen LogP contribution is 2.24. The van der Waals surface area contributed by atoms with Crippen LogP contribution >= 0.6 is 0 Å². The van der Waals surface area contributed by atoms with Crippen LogP contribution in [0.2, 0.25) is 0 Å². The van der Waals surface area contributed by atoms with Gasteiger partial charge in [-0.15, -0.1) is 0 Å². The number of carbonyl (C=O) groups is 7. The summed E-state index contributed by atoms with van der Waals surface area (Å²) in [5.74, 6) is -2.16. The van der Waals surface area contributed by atoms with Crippen molar-refractivity contribution in [3.63, 3.8) is 0 Å². The Morgan fingerprint density at radius 3 is 1.48 bits per heavy atom. The molecule has 3 aliphatic heterocycles. The van der Waals surface area contributed by atoms with E-state index in [0.29, 0.717) is 110 Å². The Hall–Kier alpha value is -4.19. The van der Waals surface area contributed by atoms with Crippen LogP contribution in [0.5, 0.6) is 0 Å². The molecule has 3 rings (SSSR count). The SMILES string of the molecule is CC(=O)N[C@H]1C(OCCCCC(=O)NCCCC[C@H](NC(=O)CCCCOC2OC(CO)[C@H](O)[C@H](O)[C@H]2NC(C)=O)C(=O)NCCCCCC(=O)NCCCCCC(=O)N2CC(O)C[C@H]2CO)OC(CO)[C@H](O)[C@@H]1O. The van der Waals surface area contributed by atoms with Gasteiger partial charge in [-0.05, 0) is 77.0 Å². The molecule has 0 bridgehead atoms. The normalized spacial score (nSPS) is 27.0. The summed E-state index contributed by atoms with van der Waals surface area (Å²) in [6.45, 7) is 2.58. The number of nitrogens with one attached hydrogen (secondary N) is 6. The van der Waals surface area contributed by atoms with E-state index in [0.717, 1.165) is 6.42 Å². The largest absolute Gasteiger partial charge is 0.394 e. The summed E-state index contributed by atoms with van der Waals surface area (Å²) >= 11 is 0. The molecule has 0 aromatic heterocycles. The van der Waals surface area contributed by atoms with Gasteiger partial charge in [0.2, 0.25) is 41.4 Å². The molecule has 0 aromatic rings. The lowest BCUT2D eigenvalue weighted by atomic mass is 9.97. The van der Waals surface area contributed by atoms with Crippen molar-refractivity contribution in [3.8, 4) is 0 Å². The van der Waals surface area contributed by atoms with Gasteiger partial charge in [0.15, 0.2) is 12.6 Å². The van der Waals surface area contributed by atoms with Crippen LogP contribution in [0.1, 0.15) is 129 Å². The van der Waals surface area contributed by atoms with Crippen molar-refractivity contribution in [1.29, 1.82) is 0 Å². The maximum atomic E-state index is 13.4. The summed E-state index contributed by atoms with van der Waals surface area (Å²) < 4.78 is 22.5. The van der Waals surface area contributed by atoms with E-state index >= 15 is 0 Å². The van der Waals surface area contributed by atoms with Crippen LogP contribution in [-0.4, -0.2) is 226 Å². The second-order valence-corrected chi connectivity index (χ2v) is 19.5. The number of hydrogen-bond acceptors (Lipinski definition) is 19. The number of β-amino-alcohol motifs (C(OH)–C–C–N with tert-alkyl or cyclic N) is 1. The zero-order valence-electron chi connectivity index (χ0n) is 43.6. The van der Waals surface area contributed by atoms with E-state index in [1.165, 1.54) is 18.7 Å². The Balaban J connectivity index is 1.38. The highest BCUT2D eigenvalue weighted by atomic mass is 16.7.